The van der Waals surface area contributed by atoms with E-state index in [-0.39, 0.29) is 18.3 Å². The Balaban J connectivity index is 2.55. The Hall–Kier alpha value is -0.275. The molecule has 0 radical (unpaired) electrons. The topological polar surface area (TPSA) is 18.5 Å². The van der Waals surface area contributed by atoms with E-state index in [2.05, 4.69) is 54.5 Å². The first kappa shape index (κ1) is 13.8. The van der Waals surface area contributed by atoms with Gasteiger partial charge in [-0.1, -0.05) is 32.8 Å². The van der Waals surface area contributed by atoms with Crippen LogP contribution in [0.3, 0.4) is 0 Å². The fourth-order valence-electron chi connectivity index (χ4n) is 1.50. The van der Waals surface area contributed by atoms with E-state index < -0.39 is 0 Å². The largest absolute Gasteiger partial charge is 0.486 e. The lowest BCUT2D eigenvalue weighted by atomic mass is 9.85. The molecule has 0 aromatic carbocycles. The molecule has 1 rings (SSSR count). The zero-order chi connectivity index (χ0) is 12.6. The van der Waals surface area contributed by atoms with Crippen molar-refractivity contribution >= 4 is 7.12 Å². The highest BCUT2D eigenvalue weighted by Gasteiger charge is 2.49. The Bertz CT molecular complexity index is 258. The Morgan fingerprint density at radius 3 is 1.81 bits per heavy atom. The van der Waals surface area contributed by atoms with E-state index in [1.165, 1.54) is 0 Å². The monoisotopic (exact) mass is 224 g/mol. The Morgan fingerprint density at radius 1 is 1.00 bits per heavy atom. The van der Waals surface area contributed by atoms with Crippen LogP contribution < -0.4 is 0 Å². The third kappa shape index (κ3) is 3.36. The average molecular weight is 224 g/mol. The summed E-state index contributed by atoms with van der Waals surface area (Å²) in [5.41, 5.74) is -0.145. The maximum absolute atomic E-state index is 5.87. The van der Waals surface area contributed by atoms with Gasteiger partial charge in [0, 0.05) is 0 Å². The highest BCUT2D eigenvalue weighted by Crippen LogP contribution is 2.37. The van der Waals surface area contributed by atoms with Gasteiger partial charge in [-0.25, -0.2) is 0 Å². The van der Waals surface area contributed by atoms with Gasteiger partial charge in [0.1, 0.15) is 0 Å². The van der Waals surface area contributed by atoms with Gasteiger partial charge in [-0.05, 0) is 39.5 Å². The molecule has 1 saturated heterocycles. The number of hydrogen-bond donors (Lipinski definition) is 0. The zero-order valence-electron chi connectivity index (χ0n) is 11.8. The molecule has 3 heteroatoms. The Kier molecular flexibility index (Phi) is 3.61. The van der Waals surface area contributed by atoms with Crippen LogP contribution in [0.25, 0.3) is 0 Å². The summed E-state index contributed by atoms with van der Waals surface area (Å²) in [5, 5.41) is 0. The first-order valence-electron chi connectivity index (χ1n) is 6.06. The van der Waals surface area contributed by atoms with Gasteiger partial charge in [-0.3, -0.25) is 0 Å². The van der Waals surface area contributed by atoms with Crippen molar-refractivity contribution in [1.29, 1.82) is 0 Å². The predicted octanol–water partition coefficient (Wildman–Crippen LogP) is 3.61. The van der Waals surface area contributed by atoms with Crippen molar-refractivity contribution < 1.29 is 9.31 Å². The highest BCUT2D eigenvalue weighted by molar-refractivity contribution is 6.51. The van der Waals surface area contributed by atoms with Crippen molar-refractivity contribution in [3.8, 4) is 0 Å². The summed E-state index contributed by atoms with van der Waals surface area (Å²) >= 11 is 0. The van der Waals surface area contributed by atoms with Crippen LogP contribution in [-0.2, 0) is 9.31 Å². The van der Waals surface area contributed by atoms with Crippen LogP contribution in [0.1, 0.15) is 54.9 Å². The third-order valence-corrected chi connectivity index (χ3v) is 3.29. The molecule has 0 aromatic rings. The van der Waals surface area contributed by atoms with E-state index in [0.717, 1.165) is 6.42 Å². The average Bonchev–Trinajstić information content (AvgIpc) is 2.17. The molecular formula is C13H25BO2. The molecule has 16 heavy (non-hydrogen) atoms. The summed E-state index contributed by atoms with van der Waals surface area (Å²) in [5.74, 6) is 2.03. The molecule has 1 heterocycles. The fraction of sp³-hybridized carbons (Fsp3) is 0.846. The summed E-state index contributed by atoms with van der Waals surface area (Å²) < 4.78 is 11.7. The van der Waals surface area contributed by atoms with Crippen LogP contribution in [0.4, 0.5) is 0 Å². The van der Waals surface area contributed by atoms with Gasteiger partial charge in [0.2, 0.25) is 0 Å². The Morgan fingerprint density at radius 2 is 1.44 bits per heavy atom. The van der Waals surface area contributed by atoms with E-state index in [9.17, 15) is 0 Å². The summed E-state index contributed by atoms with van der Waals surface area (Å²) in [7, 11) is -0.202. The first-order valence-corrected chi connectivity index (χ1v) is 6.06. The molecule has 0 N–H and O–H groups in total. The van der Waals surface area contributed by atoms with Crippen LogP contribution in [0.5, 0.6) is 0 Å². The summed E-state index contributed by atoms with van der Waals surface area (Å²) in [6.45, 7) is 15.0. The smallest absolute Gasteiger partial charge is 0.400 e. The summed E-state index contributed by atoms with van der Waals surface area (Å²) in [6.07, 6.45) is 3.19. The normalized spacial score (nSPS) is 24.3. The van der Waals surface area contributed by atoms with E-state index >= 15 is 0 Å². The van der Waals surface area contributed by atoms with E-state index in [4.69, 9.17) is 9.31 Å². The molecule has 0 amide bonds. The second-order valence-electron chi connectivity index (χ2n) is 6.82. The van der Waals surface area contributed by atoms with Gasteiger partial charge in [-0.2, -0.15) is 0 Å². The maximum atomic E-state index is 5.87. The van der Waals surface area contributed by atoms with Crippen molar-refractivity contribution in [3.05, 3.63) is 12.1 Å². The molecule has 1 aliphatic rings. The van der Waals surface area contributed by atoms with Gasteiger partial charge in [-0.15, -0.1) is 0 Å². The maximum Gasteiger partial charge on any atom is 0.486 e. The van der Waals surface area contributed by atoms with Crippen molar-refractivity contribution in [1.82, 2.24) is 0 Å². The van der Waals surface area contributed by atoms with Crippen LogP contribution in [0, 0.1) is 5.41 Å². The molecule has 0 bridgehead atoms. The molecule has 0 aliphatic carbocycles. The van der Waals surface area contributed by atoms with Gasteiger partial charge in [0.05, 0.1) is 11.2 Å². The summed E-state index contributed by atoms with van der Waals surface area (Å²) in [4.78, 5) is 0. The molecule has 1 aliphatic heterocycles. The molecular weight excluding hydrogens is 199 g/mol. The molecule has 1 fully saturated rings. The molecule has 0 spiro atoms. The summed E-state index contributed by atoms with van der Waals surface area (Å²) in [6, 6.07) is 0. The fourth-order valence-corrected chi connectivity index (χ4v) is 1.50. The lowest BCUT2D eigenvalue weighted by Gasteiger charge is -2.32. The lowest BCUT2D eigenvalue weighted by molar-refractivity contribution is 0.00578. The molecule has 0 aromatic heterocycles. The standard InChI is InChI=1S/C13H25BO2/c1-11(2,3)9-8-10-14-15-12(4,5)13(6,7)16-14/h8,10H,9H2,1-7H3/b10-8+. The lowest BCUT2D eigenvalue weighted by Crippen LogP contribution is -2.41. The minimum absolute atomic E-state index is 0.202. The second-order valence-corrected chi connectivity index (χ2v) is 6.82. The number of hydrogen-bond acceptors (Lipinski definition) is 2. The van der Waals surface area contributed by atoms with Gasteiger partial charge in [0.25, 0.3) is 0 Å². The van der Waals surface area contributed by atoms with Crippen LogP contribution in [0.2, 0.25) is 0 Å². The van der Waals surface area contributed by atoms with Gasteiger partial charge in [0.15, 0.2) is 0 Å². The second kappa shape index (κ2) is 4.19. The zero-order valence-corrected chi connectivity index (χ0v) is 11.8. The molecule has 2 nitrogen and oxygen atoms in total. The molecule has 92 valence electrons. The molecule has 0 atom stereocenters. The third-order valence-electron chi connectivity index (χ3n) is 3.29. The molecule has 0 saturated carbocycles. The predicted molar refractivity (Wildman–Crippen MR) is 69.3 cm³/mol. The number of allylic oxidation sites excluding steroid dienone is 1. The van der Waals surface area contributed by atoms with Crippen LogP contribution in [-0.4, -0.2) is 18.3 Å². The van der Waals surface area contributed by atoms with Crippen LogP contribution in [0.15, 0.2) is 12.1 Å². The number of rotatable bonds is 2. The molecule has 0 unspecified atom stereocenters. The van der Waals surface area contributed by atoms with Crippen molar-refractivity contribution in [3.63, 3.8) is 0 Å². The minimum Gasteiger partial charge on any atom is -0.400 e. The Labute approximate surface area is 101 Å². The SMILES string of the molecule is CC(C)(C)C/C=C/B1OC(C)(C)C(C)(C)O1. The quantitative estimate of drug-likeness (QED) is 0.667. The van der Waals surface area contributed by atoms with Crippen LogP contribution >= 0.6 is 0 Å². The highest BCUT2D eigenvalue weighted by atomic mass is 16.7. The van der Waals surface area contributed by atoms with Crippen molar-refractivity contribution in [2.24, 2.45) is 5.41 Å². The minimum atomic E-state index is -0.232. The van der Waals surface area contributed by atoms with E-state index in [0.29, 0.717) is 5.41 Å². The van der Waals surface area contributed by atoms with E-state index in [1.807, 2.05) is 5.98 Å². The van der Waals surface area contributed by atoms with Crippen molar-refractivity contribution in [2.45, 2.75) is 66.1 Å². The van der Waals surface area contributed by atoms with Gasteiger partial charge >= 0.3 is 7.12 Å². The van der Waals surface area contributed by atoms with Crippen molar-refractivity contribution in [2.75, 3.05) is 0 Å². The van der Waals surface area contributed by atoms with E-state index in [1.54, 1.807) is 0 Å². The van der Waals surface area contributed by atoms with Gasteiger partial charge < -0.3 is 9.31 Å². The first-order chi connectivity index (χ1) is 7.04.